The number of aliphatic hydroxyl groups excluding tert-OH is 1. The molecule has 4 heteroatoms. The molecule has 0 aromatic rings. The summed E-state index contributed by atoms with van der Waals surface area (Å²) in [5.74, 6) is -1.00. The van der Waals surface area contributed by atoms with Gasteiger partial charge in [0.25, 0.3) is 0 Å². The third kappa shape index (κ3) is 2.74. The molecule has 0 aromatic carbocycles. The second-order valence-electron chi connectivity index (χ2n) is 2.93. The van der Waals surface area contributed by atoms with E-state index in [0.29, 0.717) is 0 Å². The third-order valence-electron chi connectivity index (χ3n) is 1.94. The monoisotopic (exact) mass is 196 g/mol. The van der Waals surface area contributed by atoms with Crippen LogP contribution in [0.25, 0.3) is 0 Å². The molecule has 14 heavy (non-hydrogen) atoms. The Bertz CT molecular complexity index is 301. The molecule has 2 N–H and O–H groups in total. The first-order chi connectivity index (χ1) is 6.63. The Morgan fingerprint density at radius 2 is 2.36 bits per heavy atom. The molecule has 4 nitrogen and oxygen atoms in total. The summed E-state index contributed by atoms with van der Waals surface area (Å²) < 4.78 is 5.07. The molecule has 1 aliphatic rings. The van der Waals surface area contributed by atoms with Gasteiger partial charge in [0.15, 0.2) is 0 Å². The summed E-state index contributed by atoms with van der Waals surface area (Å²) in [4.78, 5) is 10.3. The van der Waals surface area contributed by atoms with Crippen LogP contribution in [0.1, 0.15) is 0 Å². The van der Waals surface area contributed by atoms with Crippen molar-refractivity contribution in [2.45, 2.75) is 6.10 Å². The predicted molar refractivity (Wildman–Crippen MR) is 50.9 cm³/mol. The smallest absolute Gasteiger partial charge is 0.327 e. The van der Waals surface area contributed by atoms with Crippen molar-refractivity contribution in [1.82, 2.24) is 0 Å². The molecule has 2 unspecified atom stereocenters. The van der Waals surface area contributed by atoms with Crippen molar-refractivity contribution in [2.75, 3.05) is 7.11 Å². The lowest BCUT2D eigenvalue weighted by Gasteiger charge is -2.20. The van der Waals surface area contributed by atoms with Crippen LogP contribution < -0.4 is 0 Å². The van der Waals surface area contributed by atoms with Gasteiger partial charge >= 0.3 is 5.97 Å². The van der Waals surface area contributed by atoms with Gasteiger partial charge in [-0.05, 0) is 12.2 Å². The normalized spacial score (nSPS) is 26.5. The van der Waals surface area contributed by atoms with E-state index in [1.807, 2.05) is 0 Å². The van der Waals surface area contributed by atoms with Gasteiger partial charge in [0.1, 0.15) is 5.76 Å². The maximum Gasteiger partial charge on any atom is 0.327 e. The van der Waals surface area contributed by atoms with Crippen molar-refractivity contribution < 1.29 is 19.7 Å². The zero-order valence-electron chi connectivity index (χ0n) is 7.75. The number of allylic oxidation sites excluding steroid dienone is 1. The Morgan fingerprint density at radius 3 is 2.93 bits per heavy atom. The summed E-state index contributed by atoms with van der Waals surface area (Å²) in [6.45, 7) is 0. The molecule has 0 bridgehead atoms. The fourth-order valence-electron chi connectivity index (χ4n) is 1.25. The van der Waals surface area contributed by atoms with Crippen LogP contribution in [-0.2, 0) is 9.53 Å². The van der Waals surface area contributed by atoms with Crippen LogP contribution in [0.4, 0.5) is 0 Å². The van der Waals surface area contributed by atoms with Crippen molar-refractivity contribution in [3.63, 3.8) is 0 Å². The second kappa shape index (κ2) is 4.62. The predicted octanol–water partition coefficient (Wildman–Crippen LogP) is 1.27. The standard InChI is InChI=1S/C10H12O4/c1-14-9-6-8(11)4-2-7(9)3-5-10(12)13/h2-7,9,11H,1H3,(H,12,13). The van der Waals surface area contributed by atoms with E-state index in [4.69, 9.17) is 14.9 Å². The minimum absolute atomic E-state index is 0.136. The summed E-state index contributed by atoms with van der Waals surface area (Å²) in [5, 5.41) is 17.6. The van der Waals surface area contributed by atoms with Gasteiger partial charge in [-0.15, -0.1) is 0 Å². The quantitative estimate of drug-likeness (QED) is 0.667. The average Bonchev–Trinajstić information content (AvgIpc) is 2.15. The Kier molecular flexibility index (Phi) is 3.48. The highest BCUT2D eigenvalue weighted by molar-refractivity contribution is 5.79. The van der Waals surface area contributed by atoms with Gasteiger partial charge in [0, 0.05) is 19.1 Å². The van der Waals surface area contributed by atoms with Gasteiger partial charge in [-0.3, -0.25) is 0 Å². The van der Waals surface area contributed by atoms with Crippen molar-refractivity contribution in [3.05, 3.63) is 36.1 Å². The zero-order chi connectivity index (χ0) is 10.6. The molecule has 0 fully saturated rings. The van der Waals surface area contributed by atoms with E-state index in [0.717, 1.165) is 6.08 Å². The molecule has 0 heterocycles. The molecular formula is C10H12O4. The molecule has 2 atom stereocenters. The Hall–Kier alpha value is -1.55. The number of hydrogen-bond acceptors (Lipinski definition) is 3. The SMILES string of the molecule is COC1C=C(O)C=CC1C=CC(=O)O. The van der Waals surface area contributed by atoms with E-state index in [1.165, 1.54) is 25.3 Å². The van der Waals surface area contributed by atoms with Crippen LogP contribution in [0, 0.1) is 5.92 Å². The number of rotatable bonds is 3. The van der Waals surface area contributed by atoms with Crippen molar-refractivity contribution in [2.24, 2.45) is 5.92 Å². The highest BCUT2D eigenvalue weighted by atomic mass is 16.5. The number of ether oxygens (including phenoxy) is 1. The van der Waals surface area contributed by atoms with Crippen molar-refractivity contribution >= 4 is 5.97 Å². The average molecular weight is 196 g/mol. The van der Waals surface area contributed by atoms with E-state index in [9.17, 15) is 4.79 Å². The molecule has 76 valence electrons. The van der Waals surface area contributed by atoms with E-state index in [1.54, 1.807) is 6.08 Å². The highest BCUT2D eigenvalue weighted by Gasteiger charge is 2.18. The number of carboxylic acid groups (broad SMARTS) is 1. The number of aliphatic carboxylic acids is 1. The number of methoxy groups -OCH3 is 1. The summed E-state index contributed by atoms with van der Waals surface area (Å²) in [5.41, 5.74) is 0. The summed E-state index contributed by atoms with van der Waals surface area (Å²) in [7, 11) is 1.51. The minimum Gasteiger partial charge on any atom is -0.508 e. The first kappa shape index (κ1) is 10.5. The van der Waals surface area contributed by atoms with E-state index in [-0.39, 0.29) is 17.8 Å². The van der Waals surface area contributed by atoms with Crippen molar-refractivity contribution in [3.8, 4) is 0 Å². The minimum atomic E-state index is -0.993. The number of aliphatic hydroxyl groups is 1. The molecular weight excluding hydrogens is 184 g/mol. The first-order valence-corrected chi connectivity index (χ1v) is 4.16. The molecule has 0 saturated heterocycles. The summed E-state index contributed by atoms with van der Waals surface area (Å²) in [6.07, 6.45) is 7.04. The summed E-state index contributed by atoms with van der Waals surface area (Å²) in [6, 6.07) is 0. The van der Waals surface area contributed by atoms with E-state index < -0.39 is 5.97 Å². The first-order valence-electron chi connectivity index (χ1n) is 4.16. The van der Waals surface area contributed by atoms with Gasteiger partial charge in [-0.25, -0.2) is 4.79 Å². The lowest BCUT2D eigenvalue weighted by molar-refractivity contribution is -0.131. The lowest BCUT2D eigenvalue weighted by atomic mass is 9.96. The Morgan fingerprint density at radius 1 is 1.64 bits per heavy atom. The van der Waals surface area contributed by atoms with Gasteiger partial charge in [-0.1, -0.05) is 12.2 Å². The number of carbonyl (C=O) groups is 1. The number of carboxylic acids is 1. The molecule has 0 radical (unpaired) electrons. The Balaban J connectivity index is 2.71. The molecule has 0 saturated carbocycles. The van der Waals surface area contributed by atoms with Gasteiger partial charge in [0.05, 0.1) is 6.10 Å². The molecule has 0 amide bonds. The maximum absolute atomic E-state index is 10.3. The lowest BCUT2D eigenvalue weighted by Crippen LogP contribution is -2.20. The second-order valence-corrected chi connectivity index (χ2v) is 2.93. The topological polar surface area (TPSA) is 66.8 Å². The van der Waals surface area contributed by atoms with Gasteiger partial charge < -0.3 is 14.9 Å². The molecule has 0 aromatic heterocycles. The molecule has 1 rings (SSSR count). The van der Waals surface area contributed by atoms with Crippen LogP contribution in [0.2, 0.25) is 0 Å². The Labute approximate surface area is 81.8 Å². The van der Waals surface area contributed by atoms with Crippen LogP contribution in [-0.4, -0.2) is 29.4 Å². The van der Waals surface area contributed by atoms with Gasteiger partial charge in [0.2, 0.25) is 0 Å². The molecule has 0 spiro atoms. The van der Waals surface area contributed by atoms with E-state index >= 15 is 0 Å². The van der Waals surface area contributed by atoms with Crippen LogP contribution >= 0.6 is 0 Å². The fourth-order valence-corrected chi connectivity index (χ4v) is 1.25. The third-order valence-corrected chi connectivity index (χ3v) is 1.94. The maximum atomic E-state index is 10.3. The van der Waals surface area contributed by atoms with Gasteiger partial charge in [-0.2, -0.15) is 0 Å². The van der Waals surface area contributed by atoms with E-state index in [2.05, 4.69) is 0 Å². The molecule has 0 aliphatic heterocycles. The fraction of sp³-hybridized carbons (Fsp3) is 0.300. The largest absolute Gasteiger partial charge is 0.508 e. The van der Waals surface area contributed by atoms with Crippen LogP contribution in [0.15, 0.2) is 36.1 Å². The zero-order valence-corrected chi connectivity index (χ0v) is 7.75. The number of hydrogen-bond donors (Lipinski definition) is 2. The highest BCUT2D eigenvalue weighted by Crippen LogP contribution is 2.19. The van der Waals surface area contributed by atoms with Crippen LogP contribution in [0.5, 0.6) is 0 Å². The van der Waals surface area contributed by atoms with Crippen LogP contribution in [0.3, 0.4) is 0 Å². The molecule has 1 aliphatic carbocycles. The summed E-state index contributed by atoms with van der Waals surface area (Å²) >= 11 is 0. The van der Waals surface area contributed by atoms with Crippen molar-refractivity contribution in [1.29, 1.82) is 0 Å².